The second-order valence-corrected chi connectivity index (χ2v) is 5.72. The summed E-state index contributed by atoms with van der Waals surface area (Å²) >= 11 is 0. The van der Waals surface area contributed by atoms with Crippen LogP contribution in [0.3, 0.4) is 0 Å². The van der Waals surface area contributed by atoms with Crippen molar-refractivity contribution in [1.29, 1.82) is 0 Å². The van der Waals surface area contributed by atoms with Gasteiger partial charge in [0.25, 0.3) is 0 Å². The van der Waals surface area contributed by atoms with E-state index in [1.165, 1.54) is 0 Å². The molecule has 0 spiro atoms. The molecule has 0 bridgehead atoms. The standard InChI is InChI=1S/C14H26N2O2/c1-6-8-16(14(3,4)5)13(17)11-9-18-10-12(11)15-7-2/h6,11-12,15H,1,7-10H2,2-5H3. The van der Waals surface area contributed by atoms with Crippen LogP contribution in [0.5, 0.6) is 0 Å². The molecule has 4 heteroatoms. The highest BCUT2D eigenvalue weighted by Gasteiger charge is 2.38. The molecule has 1 heterocycles. The molecule has 1 aliphatic rings. The summed E-state index contributed by atoms with van der Waals surface area (Å²) in [6.45, 7) is 14.5. The van der Waals surface area contributed by atoms with Crippen molar-refractivity contribution in [1.82, 2.24) is 10.2 Å². The molecule has 18 heavy (non-hydrogen) atoms. The Bertz CT molecular complexity index is 297. The fourth-order valence-corrected chi connectivity index (χ4v) is 2.28. The summed E-state index contributed by atoms with van der Waals surface area (Å²) in [6, 6.07) is 0.136. The van der Waals surface area contributed by atoms with E-state index in [4.69, 9.17) is 4.74 Å². The van der Waals surface area contributed by atoms with E-state index in [0.717, 1.165) is 6.54 Å². The molecule has 0 aromatic carbocycles. The van der Waals surface area contributed by atoms with E-state index in [2.05, 4.69) is 11.9 Å². The zero-order valence-corrected chi connectivity index (χ0v) is 12.0. The number of hydrogen-bond acceptors (Lipinski definition) is 3. The molecular weight excluding hydrogens is 228 g/mol. The Hall–Kier alpha value is -0.870. The topological polar surface area (TPSA) is 41.6 Å². The molecule has 2 atom stereocenters. The maximum atomic E-state index is 12.6. The minimum absolute atomic E-state index is 0.0795. The molecule has 1 amide bonds. The van der Waals surface area contributed by atoms with Crippen LogP contribution in [-0.4, -0.2) is 48.7 Å². The second-order valence-electron chi connectivity index (χ2n) is 5.72. The maximum Gasteiger partial charge on any atom is 0.230 e. The number of amides is 1. The van der Waals surface area contributed by atoms with E-state index >= 15 is 0 Å². The van der Waals surface area contributed by atoms with E-state index < -0.39 is 0 Å². The fourth-order valence-electron chi connectivity index (χ4n) is 2.28. The summed E-state index contributed by atoms with van der Waals surface area (Å²) in [5.41, 5.74) is -0.190. The first kappa shape index (κ1) is 15.2. The summed E-state index contributed by atoms with van der Waals surface area (Å²) in [6.07, 6.45) is 1.78. The van der Waals surface area contributed by atoms with Gasteiger partial charge >= 0.3 is 0 Å². The number of likely N-dealkylation sites (N-methyl/N-ethyl adjacent to an activating group) is 1. The van der Waals surface area contributed by atoms with Gasteiger partial charge in [0, 0.05) is 18.1 Å². The predicted octanol–water partition coefficient (Wildman–Crippen LogP) is 1.42. The third kappa shape index (κ3) is 3.56. The lowest BCUT2D eigenvalue weighted by Gasteiger charge is -2.37. The molecule has 0 aromatic heterocycles. The third-order valence-corrected chi connectivity index (χ3v) is 3.25. The van der Waals surface area contributed by atoms with Gasteiger partial charge in [0.15, 0.2) is 0 Å². The lowest BCUT2D eigenvalue weighted by Crippen LogP contribution is -2.52. The largest absolute Gasteiger partial charge is 0.379 e. The Morgan fingerprint density at radius 2 is 2.17 bits per heavy atom. The monoisotopic (exact) mass is 254 g/mol. The molecule has 0 aromatic rings. The molecule has 4 nitrogen and oxygen atoms in total. The van der Waals surface area contributed by atoms with Gasteiger partial charge in [-0.1, -0.05) is 13.0 Å². The van der Waals surface area contributed by atoms with E-state index in [-0.39, 0.29) is 23.4 Å². The summed E-state index contributed by atoms with van der Waals surface area (Å²) in [4.78, 5) is 14.5. The number of hydrogen-bond donors (Lipinski definition) is 1. The molecule has 0 saturated carbocycles. The van der Waals surface area contributed by atoms with Gasteiger partial charge in [0.05, 0.1) is 19.1 Å². The number of carbonyl (C=O) groups is 1. The molecule has 0 aliphatic carbocycles. The van der Waals surface area contributed by atoms with Crippen molar-refractivity contribution in [3.8, 4) is 0 Å². The van der Waals surface area contributed by atoms with Gasteiger partial charge in [-0.25, -0.2) is 0 Å². The number of nitrogens with zero attached hydrogens (tertiary/aromatic N) is 1. The summed E-state index contributed by atoms with van der Waals surface area (Å²) in [5, 5.41) is 3.33. The van der Waals surface area contributed by atoms with Crippen molar-refractivity contribution in [3.63, 3.8) is 0 Å². The van der Waals surface area contributed by atoms with Crippen molar-refractivity contribution in [2.45, 2.75) is 39.3 Å². The van der Waals surface area contributed by atoms with Gasteiger partial charge in [0.2, 0.25) is 5.91 Å². The van der Waals surface area contributed by atoms with Crippen LogP contribution in [0.15, 0.2) is 12.7 Å². The average molecular weight is 254 g/mol. The molecule has 2 unspecified atom stereocenters. The molecule has 104 valence electrons. The van der Waals surface area contributed by atoms with E-state index in [0.29, 0.717) is 19.8 Å². The molecule has 1 saturated heterocycles. The van der Waals surface area contributed by atoms with Crippen molar-refractivity contribution in [2.24, 2.45) is 5.92 Å². The van der Waals surface area contributed by atoms with E-state index in [1.807, 2.05) is 32.6 Å². The van der Waals surface area contributed by atoms with Crippen LogP contribution in [-0.2, 0) is 9.53 Å². The van der Waals surface area contributed by atoms with Crippen molar-refractivity contribution < 1.29 is 9.53 Å². The first-order valence-electron chi connectivity index (χ1n) is 6.65. The van der Waals surface area contributed by atoms with Crippen molar-refractivity contribution >= 4 is 5.91 Å². The van der Waals surface area contributed by atoms with Crippen LogP contribution in [0.2, 0.25) is 0 Å². The minimum atomic E-state index is -0.190. The first-order chi connectivity index (χ1) is 8.41. The van der Waals surface area contributed by atoms with Crippen LogP contribution in [0.1, 0.15) is 27.7 Å². The van der Waals surface area contributed by atoms with Crippen LogP contribution >= 0.6 is 0 Å². The SMILES string of the molecule is C=CCN(C(=O)C1COCC1NCC)C(C)(C)C. The number of ether oxygens (including phenoxy) is 1. The lowest BCUT2D eigenvalue weighted by molar-refractivity contribution is -0.140. The van der Waals surface area contributed by atoms with Gasteiger partial charge in [-0.2, -0.15) is 0 Å². The molecule has 1 N–H and O–H groups in total. The van der Waals surface area contributed by atoms with Crippen LogP contribution < -0.4 is 5.32 Å². The lowest BCUT2D eigenvalue weighted by atomic mass is 9.97. The van der Waals surface area contributed by atoms with Crippen molar-refractivity contribution in [3.05, 3.63) is 12.7 Å². The first-order valence-corrected chi connectivity index (χ1v) is 6.65. The fraction of sp³-hybridized carbons (Fsp3) is 0.786. The molecule has 0 radical (unpaired) electrons. The Kier molecular flexibility index (Phi) is 5.35. The van der Waals surface area contributed by atoms with E-state index in [9.17, 15) is 4.79 Å². The van der Waals surface area contributed by atoms with E-state index in [1.54, 1.807) is 6.08 Å². The highest BCUT2D eigenvalue weighted by molar-refractivity contribution is 5.81. The van der Waals surface area contributed by atoms with Gasteiger partial charge in [-0.3, -0.25) is 4.79 Å². The quantitative estimate of drug-likeness (QED) is 0.755. The minimum Gasteiger partial charge on any atom is -0.379 e. The third-order valence-electron chi connectivity index (χ3n) is 3.25. The van der Waals surface area contributed by atoms with Crippen LogP contribution in [0, 0.1) is 5.92 Å². The Morgan fingerprint density at radius 3 is 2.67 bits per heavy atom. The van der Waals surface area contributed by atoms with Gasteiger partial charge < -0.3 is 15.0 Å². The normalized spacial score (nSPS) is 24.0. The maximum absolute atomic E-state index is 12.6. The van der Waals surface area contributed by atoms with Gasteiger partial charge in [-0.05, 0) is 27.3 Å². The number of nitrogens with one attached hydrogen (secondary N) is 1. The predicted molar refractivity (Wildman–Crippen MR) is 73.4 cm³/mol. The van der Waals surface area contributed by atoms with Crippen LogP contribution in [0.4, 0.5) is 0 Å². The zero-order chi connectivity index (χ0) is 13.8. The molecule has 1 rings (SSSR count). The highest BCUT2D eigenvalue weighted by Crippen LogP contribution is 2.22. The Morgan fingerprint density at radius 1 is 1.50 bits per heavy atom. The smallest absolute Gasteiger partial charge is 0.230 e. The van der Waals surface area contributed by atoms with Crippen molar-refractivity contribution in [2.75, 3.05) is 26.3 Å². The highest BCUT2D eigenvalue weighted by atomic mass is 16.5. The number of rotatable bonds is 5. The molecule has 1 aliphatic heterocycles. The summed E-state index contributed by atoms with van der Waals surface area (Å²) in [5.74, 6) is 0.0787. The molecule has 1 fully saturated rings. The second kappa shape index (κ2) is 6.34. The van der Waals surface area contributed by atoms with Gasteiger partial charge in [0.1, 0.15) is 0 Å². The van der Waals surface area contributed by atoms with Gasteiger partial charge in [-0.15, -0.1) is 6.58 Å². The Balaban J connectivity index is 2.79. The Labute approximate surface area is 110 Å². The van der Waals surface area contributed by atoms with Crippen LogP contribution in [0.25, 0.3) is 0 Å². The average Bonchev–Trinajstić information content (AvgIpc) is 2.72. The summed E-state index contributed by atoms with van der Waals surface area (Å²) < 4.78 is 5.45. The summed E-state index contributed by atoms with van der Waals surface area (Å²) in [7, 11) is 0. The zero-order valence-electron chi connectivity index (χ0n) is 12.0. The molecular formula is C14H26N2O2. The number of carbonyl (C=O) groups excluding carboxylic acids is 1.